The van der Waals surface area contributed by atoms with Gasteiger partial charge in [-0.1, -0.05) is 32.9 Å². The summed E-state index contributed by atoms with van der Waals surface area (Å²) >= 11 is 0. The molecular weight excluding hydrogens is 236 g/mol. The van der Waals surface area contributed by atoms with Crippen LogP contribution in [-0.4, -0.2) is 39.2 Å². The van der Waals surface area contributed by atoms with Gasteiger partial charge in [0.05, 0.1) is 7.11 Å². The first-order chi connectivity index (χ1) is 8.79. The molecule has 0 saturated carbocycles. The number of ether oxygens (including phenoxy) is 1. The molecule has 0 amide bonds. The molecule has 0 aliphatic heterocycles. The SMILES string of the molecule is COc1ccc(C(CN)CN(C)C)cc1C(C)(C)C. The topological polar surface area (TPSA) is 38.5 Å². The smallest absolute Gasteiger partial charge is 0.122 e. The van der Waals surface area contributed by atoms with Crippen LogP contribution in [-0.2, 0) is 5.41 Å². The Morgan fingerprint density at radius 1 is 1.26 bits per heavy atom. The average Bonchev–Trinajstić information content (AvgIpc) is 2.34. The molecule has 0 aliphatic rings. The summed E-state index contributed by atoms with van der Waals surface area (Å²) in [6.45, 7) is 8.24. The molecule has 2 N–H and O–H groups in total. The van der Waals surface area contributed by atoms with Gasteiger partial charge in [0.1, 0.15) is 5.75 Å². The molecule has 1 atom stereocenters. The molecule has 1 rings (SSSR count). The van der Waals surface area contributed by atoms with E-state index in [1.54, 1.807) is 7.11 Å². The van der Waals surface area contributed by atoms with E-state index in [0.29, 0.717) is 12.5 Å². The second-order valence-electron chi connectivity index (χ2n) is 6.40. The lowest BCUT2D eigenvalue weighted by molar-refractivity contribution is 0.373. The van der Waals surface area contributed by atoms with Gasteiger partial charge in [-0.15, -0.1) is 0 Å². The van der Waals surface area contributed by atoms with Gasteiger partial charge in [-0.05, 0) is 36.7 Å². The van der Waals surface area contributed by atoms with Gasteiger partial charge >= 0.3 is 0 Å². The van der Waals surface area contributed by atoms with E-state index < -0.39 is 0 Å². The number of rotatable bonds is 5. The van der Waals surface area contributed by atoms with E-state index in [1.165, 1.54) is 11.1 Å². The van der Waals surface area contributed by atoms with Crippen molar-refractivity contribution in [2.45, 2.75) is 32.1 Å². The van der Waals surface area contributed by atoms with Crippen molar-refractivity contribution in [3.8, 4) is 5.75 Å². The third kappa shape index (κ3) is 4.22. The lowest BCUT2D eigenvalue weighted by atomic mass is 9.83. The van der Waals surface area contributed by atoms with E-state index in [2.05, 4.69) is 58.0 Å². The van der Waals surface area contributed by atoms with Crippen LogP contribution < -0.4 is 10.5 Å². The Morgan fingerprint density at radius 2 is 1.89 bits per heavy atom. The van der Waals surface area contributed by atoms with Crippen LogP contribution in [0.5, 0.6) is 5.75 Å². The third-order valence-corrected chi connectivity index (χ3v) is 3.37. The second kappa shape index (κ2) is 6.40. The zero-order valence-corrected chi connectivity index (χ0v) is 13.2. The Bertz CT molecular complexity index is 408. The molecule has 0 aromatic heterocycles. The van der Waals surface area contributed by atoms with Crippen LogP contribution in [0.25, 0.3) is 0 Å². The zero-order valence-electron chi connectivity index (χ0n) is 13.2. The van der Waals surface area contributed by atoms with Crippen molar-refractivity contribution >= 4 is 0 Å². The summed E-state index contributed by atoms with van der Waals surface area (Å²) in [5.74, 6) is 1.32. The Balaban J connectivity index is 3.16. The van der Waals surface area contributed by atoms with Crippen molar-refractivity contribution in [3.05, 3.63) is 29.3 Å². The Hall–Kier alpha value is -1.06. The first-order valence-electron chi connectivity index (χ1n) is 6.82. The quantitative estimate of drug-likeness (QED) is 0.888. The first kappa shape index (κ1) is 16.0. The van der Waals surface area contributed by atoms with Crippen molar-refractivity contribution in [2.75, 3.05) is 34.3 Å². The van der Waals surface area contributed by atoms with Gasteiger partial charge < -0.3 is 15.4 Å². The fourth-order valence-electron chi connectivity index (χ4n) is 2.32. The van der Waals surface area contributed by atoms with Crippen LogP contribution in [0.15, 0.2) is 18.2 Å². The molecule has 0 bridgehead atoms. The number of hydrogen-bond donors (Lipinski definition) is 1. The number of nitrogens with two attached hydrogens (primary N) is 1. The highest BCUT2D eigenvalue weighted by molar-refractivity contribution is 5.42. The number of methoxy groups -OCH3 is 1. The number of nitrogens with zero attached hydrogens (tertiary/aromatic N) is 1. The first-order valence-corrected chi connectivity index (χ1v) is 6.82. The largest absolute Gasteiger partial charge is 0.496 e. The van der Waals surface area contributed by atoms with Gasteiger partial charge in [0, 0.05) is 19.0 Å². The van der Waals surface area contributed by atoms with Gasteiger partial charge in [-0.2, -0.15) is 0 Å². The molecule has 0 aliphatic carbocycles. The van der Waals surface area contributed by atoms with Crippen molar-refractivity contribution in [3.63, 3.8) is 0 Å². The van der Waals surface area contributed by atoms with Crippen molar-refractivity contribution in [1.29, 1.82) is 0 Å². The van der Waals surface area contributed by atoms with Crippen LogP contribution in [0.2, 0.25) is 0 Å². The molecule has 0 saturated heterocycles. The average molecular weight is 264 g/mol. The summed E-state index contributed by atoms with van der Waals surface area (Å²) < 4.78 is 5.48. The molecule has 3 heteroatoms. The molecule has 0 spiro atoms. The number of benzene rings is 1. The van der Waals surface area contributed by atoms with Crippen LogP contribution in [0, 0.1) is 0 Å². The molecule has 1 unspecified atom stereocenters. The summed E-state index contributed by atoms with van der Waals surface area (Å²) in [5.41, 5.74) is 8.53. The van der Waals surface area contributed by atoms with Gasteiger partial charge in [-0.3, -0.25) is 0 Å². The predicted molar refractivity (Wildman–Crippen MR) is 82.0 cm³/mol. The maximum atomic E-state index is 5.92. The minimum atomic E-state index is 0.0681. The lowest BCUT2D eigenvalue weighted by Crippen LogP contribution is -2.26. The maximum absolute atomic E-state index is 5.92. The van der Waals surface area contributed by atoms with Gasteiger partial charge in [-0.25, -0.2) is 0 Å². The van der Waals surface area contributed by atoms with Crippen molar-refractivity contribution in [2.24, 2.45) is 5.73 Å². The molecule has 1 aromatic carbocycles. The molecular formula is C16H28N2O. The highest BCUT2D eigenvalue weighted by atomic mass is 16.5. The Kier molecular flexibility index (Phi) is 5.39. The molecule has 19 heavy (non-hydrogen) atoms. The normalized spacial score (nSPS) is 13.7. The third-order valence-electron chi connectivity index (χ3n) is 3.37. The van der Waals surface area contributed by atoms with E-state index in [1.807, 2.05) is 0 Å². The molecule has 108 valence electrons. The van der Waals surface area contributed by atoms with Gasteiger partial charge in [0.2, 0.25) is 0 Å². The van der Waals surface area contributed by atoms with Crippen LogP contribution in [0.1, 0.15) is 37.8 Å². The van der Waals surface area contributed by atoms with Gasteiger partial charge in [0.15, 0.2) is 0 Å². The van der Waals surface area contributed by atoms with Gasteiger partial charge in [0.25, 0.3) is 0 Å². The summed E-state index contributed by atoms with van der Waals surface area (Å²) in [5, 5.41) is 0. The molecule has 0 radical (unpaired) electrons. The van der Waals surface area contributed by atoms with E-state index in [4.69, 9.17) is 10.5 Å². The summed E-state index contributed by atoms with van der Waals surface area (Å²) in [6, 6.07) is 6.45. The second-order valence-corrected chi connectivity index (χ2v) is 6.40. The number of likely N-dealkylation sites (N-methyl/N-ethyl adjacent to an activating group) is 1. The Labute approximate surface area is 117 Å². The predicted octanol–water partition coefficient (Wildman–Crippen LogP) is 2.60. The lowest BCUT2D eigenvalue weighted by Gasteiger charge is -2.26. The van der Waals surface area contributed by atoms with Crippen molar-refractivity contribution in [1.82, 2.24) is 4.90 Å². The maximum Gasteiger partial charge on any atom is 0.122 e. The summed E-state index contributed by atoms with van der Waals surface area (Å²) in [4.78, 5) is 2.18. The van der Waals surface area contributed by atoms with Crippen LogP contribution in [0.4, 0.5) is 0 Å². The molecule has 1 aromatic rings. The number of hydrogen-bond acceptors (Lipinski definition) is 3. The molecule has 0 fully saturated rings. The van der Waals surface area contributed by atoms with E-state index >= 15 is 0 Å². The summed E-state index contributed by atoms with van der Waals surface area (Å²) in [6.07, 6.45) is 0. The fourth-order valence-corrected chi connectivity index (χ4v) is 2.32. The fraction of sp³-hybridized carbons (Fsp3) is 0.625. The van der Waals surface area contributed by atoms with Crippen molar-refractivity contribution < 1.29 is 4.74 Å². The highest BCUT2D eigenvalue weighted by Crippen LogP contribution is 2.33. The van der Waals surface area contributed by atoms with Crippen LogP contribution >= 0.6 is 0 Å². The van der Waals surface area contributed by atoms with E-state index in [0.717, 1.165) is 12.3 Å². The van der Waals surface area contributed by atoms with Crippen LogP contribution in [0.3, 0.4) is 0 Å². The molecule has 0 heterocycles. The Morgan fingerprint density at radius 3 is 2.32 bits per heavy atom. The monoisotopic (exact) mass is 264 g/mol. The molecule has 3 nitrogen and oxygen atoms in total. The zero-order chi connectivity index (χ0) is 14.6. The highest BCUT2D eigenvalue weighted by Gasteiger charge is 2.21. The van der Waals surface area contributed by atoms with E-state index in [9.17, 15) is 0 Å². The minimum Gasteiger partial charge on any atom is -0.496 e. The summed E-state index contributed by atoms with van der Waals surface area (Å²) in [7, 11) is 5.89. The van der Waals surface area contributed by atoms with E-state index in [-0.39, 0.29) is 5.41 Å². The minimum absolute atomic E-state index is 0.0681. The standard InChI is InChI=1S/C16H28N2O/c1-16(2,3)14-9-12(7-8-15(14)19-6)13(10-17)11-18(4)5/h7-9,13H,10-11,17H2,1-6H3.